The molecule has 1 fully saturated rings. The van der Waals surface area contributed by atoms with E-state index >= 15 is 0 Å². The van der Waals surface area contributed by atoms with E-state index in [1.54, 1.807) is 0 Å². The third kappa shape index (κ3) is 3.33. The maximum Gasteiger partial charge on any atom is 0.0537 e. The number of rotatable bonds is 5. The van der Waals surface area contributed by atoms with E-state index in [1.807, 2.05) is 6.20 Å². The number of nitrogens with one attached hydrogen (secondary N) is 1. The summed E-state index contributed by atoms with van der Waals surface area (Å²) in [5.74, 6) is 0.859. The summed E-state index contributed by atoms with van der Waals surface area (Å²) in [6.45, 7) is 9.88. The fourth-order valence-corrected chi connectivity index (χ4v) is 2.82. The molecule has 0 amide bonds. The Kier molecular flexibility index (Phi) is 4.78. The Hall–Kier alpha value is -0.870. The van der Waals surface area contributed by atoms with Gasteiger partial charge in [-0.15, -0.1) is 0 Å². The quantitative estimate of drug-likeness (QED) is 0.862. The number of piperidine rings is 1. The lowest BCUT2D eigenvalue weighted by molar-refractivity contribution is 0.234. The van der Waals surface area contributed by atoms with Crippen molar-refractivity contribution >= 4 is 0 Å². The molecule has 102 valence electrons. The molecule has 1 aliphatic rings. The molecule has 1 aromatic heterocycles. The highest BCUT2D eigenvalue weighted by atomic mass is 15.3. The van der Waals surface area contributed by atoms with Crippen molar-refractivity contribution in [2.75, 3.05) is 26.7 Å². The Morgan fingerprint density at radius 3 is 2.78 bits per heavy atom. The molecule has 1 aliphatic heterocycles. The largest absolute Gasteiger partial charge is 0.317 e. The molecule has 1 saturated heterocycles. The first-order valence-corrected chi connectivity index (χ1v) is 7.11. The van der Waals surface area contributed by atoms with Gasteiger partial charge in [0.05, 0.1) is 6.20 Å². The van der Waals surface area contributed by atoms with Crippen LogP contribution in [0.3, 0.4) is 0 Å². The van der Waals surface area contributed by atoms with Crippen molar-refractivity contribution < 1.29 is 0 Å². The van der Waals surface area contributed by atoms with Gasteiger partial charge in [0.25, 0.3) is 0 Å². The summed E-state index contributed by atoms with van der Waals surface area (Å²) in [6.07, 6.45) is 4.66. The molecule has 0 unspecified atom stereocenters. The minimum atomic E-state index is 0.859. The van der Waals surface area contributed by atoms with Gasteiger partial charge in [-0.2, -0.15) is 5.10 Å². The van der Waals surface area contributed by atoms with Gasteiger partial charge in [-0.25, -0.2) is 0 Å². The summed E-state index contributed by atoms with van der Waals surface area (Å²) in [5, 5.41) is 7.84. The van der Waals surface area contributed by atoms with E-state index in [2.05, 4.69) is 40.9 Å². The predicted octanol–water partition coefficient (Wildman–Crippen LogP) is 1.64. The van der Waals surface area contributed by atoms with Crippen LogP contribution in [0.4, 0.5) is 0 Å². The third-order valence-corrected chi connectivity index (χ3v) is 3.97. The standard InChI is InChI=1S/C14H26N4/c1-4-18-12(2)14(9-16-18)11-17(3)10-13-5-7-15-8-6-13/h9,13,15H,4-8,10-11H2,1-3H3. The molecule has 0 saturated carbocycles. The smallest absolute Gasteiger partial charge is 0.0537 e. The van der Waals surface area contributed by atoms with E-state index in [0.717, 1.165) is 19.0 Å². The first-order valence-electron chi connectivity index (χ1n) is 7.11. The van der Waals surface area contributed by atoms with Crippen LogP contribution in [0.15, 0.2) is 6.20 Å². The van der Waals surface area contributed by atoms with Gasteiger partial charge in [0, 0.05) is 30.9 Å². The molecule has 0 radical (unpaired) electrons. The van der Waals surface area contributed by atoms with E-state index in [1.165, 1.54) is 43.7 Å². The summed E-state index contributed by atoms with van der Waals surface area (Å²) in [4.78, 5) is 2.44. The number of aryl methyl sites for hydroxylation is 1. The second-order valence-corrected chi connectivity index (χ2v) is 5.46. The average molecular weight is 250 g/mol. The lowest BCUT2D eigenvalue weighted by Gasteiger charge is -2.27. The van der Waals surface area contributed by atoms with Crippen LogP contribution >= 0.6 is 0 Å². The van der Waals surface area contributed by atoms with Crippen LogP contribution in [0, 0.1) is 12.8 Å². The summed E-state index contributed by atoms with van der Waals surface area (Å²) >= 11 is 0. The minimum absolute atomic E-state index is 0.859. The van der Waals surface area contributed by atoms with Gasteiger partial charge in [0.2, 0.25) is 0 Å². The molecule has 4 nitrogen and oxygen atoms in total. The second-order valence-electron chi connectivity index (χ2n) is 5.46. The molecule has 0 aromatic carbocycles. The summed E-state index contributed by atoms with van der Waals surface area (Å²) in [6, 6.07) is 0. The van der Waals surface area contributed by atoms with E-state index < -0.39 is 0 Å². The van der Waals surface area contributed by atoms with Crippen molar-refractivity contribution in [2.24, 2.45) is 5.92 Å². The van der Waals surface area contributed by atoms with Crippen molar-refractivity contribution in [3.05, 3.63) is 17.5 Å². The topological polar surface area (TPSA) is 33.1 Å². The van der Waals surface area contributed by atoms with Crippen molar-refractivity contribution in [2.45, 2.75) is 39.8 Å². The number of aromatic nitrogens is 2. The second kappa shape index (κ2) is 6.34. The maximum atomic E-state index is 4.41. The lowest BCUT2D eigenvalue weighted by atomic mass is 9.97. The van der Waals surface area contributed by atoms with Crippen molar-refractivity contribution in [1.29, 1.82) is 0 Å². The zero-order valence-electron chi connectivity index (χ0n) is 11.9. The van der Waals surface area contributed by atoms with E-state index in [9.17, 15) is 0 Å². The van der Waals surface area contributed by atoms with Crippen LogP contribution in [0.5, 0.6) is 0 Å². The van der Waals surface area contributed by atoms with Crippen LogP contribution in [0.1, 0.15) is 31.0 Å². The van der Waals surface area contributed by atoms with Gasteiger partial charge in [-0.1, -0.05) is 0 Å². The SMILES string of the molecule is CCn1ncc(CN(C)CC2CCNCC2)c1C. The number of nitrogens with zero attached hydrogens (tertiary/aromatic N) is 3. The molecule has 1 aromatic rings. The van der Waals surface area contributed by atoms with Crippen LogP contribution < -0.4 is 5.32 Å². The molecule has 18 heavy (non-hydrogen) atoms. The normalized spacial score (nSPS) is 17.6. The zero-order chi connectivity index (χ0) is 13.0. The van der Waals surface area contributed by atoms with Gasteiger partial charge in [-0.3, -0.25) is 4.68 Å². The summed E-state index contributed by atoms with van der Waals surface area (Å²) in [5.41, 5.74) is 2.68. The first kappa shape index (κ1) is 13.6. The van der Waals surface area contributed by atoms with E-state index in [-0.39, 0.29) is 0 Å². The lowest BCUT2D eigenvalue weighted by Crippen LogP contribution is -2.34. The maximum absolute atomic E-state index is 4.41. The van der Waals surface area contributed by atoms with Gasteiger partial charge in [0.15, 0.2) is 0 Å². The van der Waals surface area contributed by atoms with Crippen LogP contribution in [-0.2, 0) is 13.1 Å². The molecule has 2 heterocycles. The fraction of sp³-hybridized carbons (Fsp3) is 0.786. The molecule has 1 N–H and O–H groups in total. The Bertz CT molecular complexity index is 366. The third-order valence-electron chi connectivity index (χ3n) is 3.97. The number of hydrogen-bond donors (Lipinski definition) is 1. The van der Waals surface area contributed by atoms with Crippen molar-refractivity contribution in [3.63, 3.8) is 0 Å². The molecule has 0 atom stereocenters. The van der Waals surface area contributed by atoms with E-state index in [0.29, 0.717) is 0 Å². The highest BCUT2D eigenvalue weighted by Crippen LogP contribution is 2.15. The van der Waals surface area contributed by atoms with Crippen molar-refractivity contribution in [1.82, 2.24) is 20.0 Å². The Morgan fingerprint density at radius 2 is 2.17 bits per heavy atom. The van der Waals surface area contributed by atoms with Crippen molar-refractivity contribution in [3.8, 4) is 0 Å². The summed E-state index contributed by atoms with van der Waals surface area (Å²) in [7, 11) is 2.23. The Balaban J connectivity index is 1.85. The van der Waals surface area contributed by atoms with Gasteiger partial charge >= 0.3 is 0 Å². The molecular weight excluding hydrogens is 224 g/mol. The first-order chi connectivity index (χ1) is 8.70. The van der Waals surface area contributed by atoms with Crippen LogP contribution in [0.25, 0.3) is 0 Å². The monoisotopic (exact) mass is 250 g/mol. The summed E-state index contributed by atoms with van der Waals surface area (Å²) < 4.78 is 2.08. The predicted molar refractivity (Wildman–Crippen MR) is 74.6 cm³/mol. The van der Waals surface area contributed by atoms with Gasteiger partial charge in [-0.05, 0) is 52.7 Å². The highest BCUT2D eigenvalue weighted by molar-refractivity contribution is 5.15. The molecule has 2 rings (SSSR count). The molecule has 0 bridgehead atoms. The minimum Gasteiger partial charge on any atom is -0.317 e. The van der Waals surface area contributed by atoms with E-state index in [4.69, 9.17) is 0 Å². The van der Waals surface area contributed by atoms with Gasteiger partial charge < -0.3 is 10.2 Å². The molecular formula is C14H26N4. The fourth-order valence-electron chi connectivity index (χ4n) is 2.82. The Morgan fingerprint density at radius 1 is 1.44 bits per heavy atom. The Labute approximate surface area is 110 Å². The highest BCUT2D eigenvalue weighted by Gasteiger charge is 2.16. The van der Waals surface area contributed by atoms with Gasteiger partial charge in [0.1, 0.15) is 0 Å². The number of hydrogen-bond acceptors (Lipinski definition) is 3. The molecule has 4 heteroatoms. The van der Waals surface area contributed by atoms with Crippen LogP contribution in [0.2, 0.25) is 0 Å². The average Bonchev–Trinajstić information content (AvgIpc) is 2.71. The molecule has 0 spiro atoms. The molecule has 0 aliphatic carbocycles. The van der Waals surface area contributed by atoms with Crippen LogP contribution in [-0.4, -0.2) is 41.4 Å². The zero-order valence-corrected chi connectivity index (χ0v) is 11.9.